The normalized spacial score (nSPS) is 20.1. The third kappa shape index (κ3) is 9.31. The number of nitrogens with one attached hydrogen (secondary N) is 2. The number of aromatic amines is 1. The molecule has 9 rings (SSSR count). The van der Waals surface area contributed by atoms with E-state index in [9.17, 15) is 14.4 Å². The van der Waals surface area contributed by atoms with E-state index in [-0.39, 0.29) is 23.6 Å². The number of pyridine rings is 1. The number of hydrogen-bond acceptors (Lipinski definition) is 10. The number of ether oxygens (including phenoxy) is 2. The molecule has 14 nitrogen and oxygen atoms in total. The van der Waals surface area contributed by atoms with Crippen molar-refractivity contribution in [3.05, 3.63) is 82.8 Å². The molecule has 4 fully saturated rings. The van der Waals surface area contributed by atoms with Crippen LogP contribution in [0.1, 0.15) is 78.9 Å². The zero-order valence-corrected chi connectivity index (χ0v) is 35.7. The van der Waals surface area contributed by atoms with E-state index in [1.165, 1.54) is 24.7 Å². The van der Waals surface area contributed by atoms with Crippen LogP contribution in [0.25, 0.3) is 22.6 Å². The van der Waals surface area contributed by atoms with Crippen LogP contribution in [-0.2, 0) is 21.4 Å². The van der Waals surface area contributed by atoms with Crippen LogP contribution in [0.4, 0.5) is 5.69 Å². The van der Waals surface area contributed by atoms with E-state index in [4.69, 9.17) is 21.1 Å². The van der Waals surface area contributed by atoms with E-state index in [2.05, 4.69) is 59.4 Å². The van der Waals surface area contributed by atoms with Gasteiger partial charge in [-0.1, -0.05) is 23.7 Å². The number of imide groups is 1. The van der Waals surface area contributed by atoms with Gasteiger partial charge in [0.1, 0.15) is 22.1 Å². The van der Waals surface area contributed by atoms with Crippen LogP contribution in [0.2, 0.25) is 5.02 Å². The maximum absolute atomic E-state index is 13.5. The quantitative estimate of drug-likeness (QED) is 0.135. The molecule has 320 valence electrons. The molecular formula is C46H54ClN9O5. The molecule has 4 aliphatic rings. The van der Waals surface area contributed by atoms with Gasteiger partial charge in [-0.05, 0) is 106 Å². The lowest BCUT2D eigenvalue weighted by atomic mass is 9.90. The molecule has 2 N–H and O–H groups in total. The van der Waals surface area contributed by atoms with Gasteiger partial charge >= 0.3 is 0 Å². The van der Waals surface area contributed by atoms with Crippen LogP contribution in [0.5, 0.6) is 11.5 Å². The van der Waals surface area contributed by atoms with Crippen molar-refractivity contribution in [2.24, 2.45) is 18.9 Å². The Kier molecular flexibility index (Phi) is 12.1. The van der Waals surface area contributed by atoms with Crippen LogP contribution in [-0.4, -0.2) is 111 Å². The van der Waals surface area contributed by atoms with Crippen molar-refractivity contribution < 1.29 is 23.9 Å². The van der Waals surface area contributed by atoms with Gasteiger partial charge in [0.25, 0.3) is 5.91 Å². The van der Waals surface area contributed by atoms with Gasteiger partial charge in [0.05, 0.1) is 29.5 Å². The highest BCUT2D eigenvalue weighted by atomic mass is 35.5. The lowest BCUT2D eigenvalue weighted by Gasteiger charge is -2.39. The highest BCUT2D eigenvalue weighted by molar-refractivity contribution is 6.32. The van der Waals surface area contributed by atoms with Crippen molar-refractivity contribution in [1.29, 1.82) is 0 Å². The van der Waals surface area contributed by atoms with E-state index in [0.29, 0.717) is 69.9 Å². The first-order valence-electron chi connectivity index (χ1n) is 21.8. The summed E-state index contributed by atoms with van der Waals surface area (Å²) >= 11 is 6.55. The van der Waals surface area contributed by atoms with Crippen LogP contribution >= 0.6 is 11.6 Å². The van der Waals surface area contributed by atoms with Gasteiger partial charge < -0.3 is 29.2 Å². The second kappa shape index (κ2) is 18.0. The summed E-state index contributed by atoms with van der Waals surface area (Å²) in [5.74, 6) is 2.20. The largest absolute Gasteiger partial charge is 0.453 e. The fourth-order valence-corrected chi connectivity index (χ4v) is 9.62. The number of hydrogen-bond donors (Lipinski definition) is 2. The second-order valence-electron chi connectivity index (χ2n) is 17.2. The number of carbonyl (C=O) groups excluding carboxylic acids is 3. The van der Waals surface area contributed by atoms with E-state index in [0.717, 1.165) is 94.9 Å². The van der Waals surface area contributed by atoms with Gasteiger partial charge in [-0.3, -0.25) is 24.4 Å². The molecule has 0 radical (unpaired) electrons. The molecule has 7 heterocycles. The van der Waals surface area contributed by atoms with E-state index >= 15 is 0 Å². The molecular weight excluding hydrogens is 794 g/mol. The molecule has 3 amide bonds. The average molecular weight is 848 g/mol. The Labute approximate surface area is 360 Å². The molecule has 0 saturated carbocycles. The predicted molar refractivity (Wildman–Crippen MR) is 233 cm³/mol. The summed E-state index contributed by atoms with van der Waals surface area (Å²) in [4.78, 5) is 56.7. The SMILES string of the molecule is Cc1nn(C)cc1-c1nc2ncc(Cl)c(Oc3ccc(C(=O)N4CCC(COC5CCN(CC6CCN(c7ccc([C@H]8CCC(=O)NC8=O)cc7)CC6)CC5)CC4)cc3)c2[nH]1. The Hall–Kier alpha value is -5.31. The first-order chi connectivity index (χ1) is 29.6. The van der Waals surface area contributed by atoms with Crippen molar-refractivity contribution in [2.75, 3.05) is 57.3 Å². The minimum absolute atomic E-state index is 0.0269. The lowest BCUT2D eigenvalue weighted by Crippen LogP contribution is -2.43. The molecule has 61 heavy (non-hydrogen) atoms. The molecule has 0 spiro atoms. The summed E-state index contributed by atoms with van der Waals surface area (Å²) in [7, 11) is 1.87. The standard InChI is InChI=1S/C46H54ClN9O5/c1-29-38(27-53(2)52-29)43-50-41-42(39(47)25-48-44(41)51-43)61-36-9-5-33(6-10-36)46(59)56-23-15-31(16-24-56)28-60-35-17-19-54(20-18-35)26-30-13-21-55(22-14-30)34-7-3-32(4-8-34)37-11-12-40(57)49-45(37)58/h3-10,25,27,30-31,35,37H,11-24,26,28H2,1-2H3,(H,48,50,51)(H,49,57,58)/t37-/m1/s1. The number of aryl methyl sites for hydroxylation is 2. The summed E-state index contributed by atoms with van der Waals surface area (Å²) < 4.78 is 14.5. The number of aromatic nitrogens is 5. The summed E-state index contributed by atoms with van der Waals surface area (Å²) in [6, 6.07) is 15.6. The van der Waals surface area contributed by atoms with Crippen LogP contribution in [0, 0.1) is 18.8 Å². The Morgan fingerprint density at radius 1 is 0.885 bits per heavy atom. The van der Waals surface area contributed by atoms with Gasteiger partial charge in [0.2, 0.25) is 11.8 Å². The topological polar surface area (TPSA) is 151 Å². The summed E-state index contributed by atoms with van der Waals surface area (Å²) in [5, 5.41) is 7.23. The Morgan fingerprint density at radius 2 is 1.61 bits per heavy atom. The highest BCUT2D eigenvalue weighted by Gasteiger charge is 2.30. The number of fused-ring (bicyclic) bond motifs is 1. The van der Waals surface area contributed by atoms with Gasteiger partial charge in [-0.2, -0.15) is 5.10 Å². The Morgan fingerprint density at radius 3 is 2.30 bits per heavy atom. The number of benzene rings is 2. The number of nitrogens with zero attached hydrogens (tertiary/aromatic N) is 7. The van der Waals surface area contributed by atoms with E-state index < -0.39 is 0 Å². The first kappa shape index (κ1) is 41.1. The van der Waals surface area contributed by atoms with Crippen molar-refractivity contribution in [2.45, 2.75) is 70.3 Å². The van der Waals surface area contributed by atoms with Crippen molar-refractivity contribution in [3.63, 3.8) is 0 Å². The number of carbonyl (C=O) groups is 3. The number of amides is 3. The number of H-pyrrole nitrogens is 1. The molecule has 4 saturated heterocycles. The molecule has 5 aromatic rings. The van der Waals surface area contributed by atoms with Gasteiger partial charge in [-0.25, -0.2) is 9.97 Å². The van der Waals surface area contributed by atoms with Crippen LogP contribution in [0.15, 0.2) is 60.9 Å². The molecule has 1 atom stereocenters. The zero-order valence-electron chi connectivity index (χ0n) is 34.9. The summed E-state index contributed by atoms with van der Waals surface area (Å²) in [5.41, 5.74) is 5.60. The minimum Gasteiger partial charge on any atom is -0.453 e. The zero-order chi connectivity index (χ0) is 42.0. The molecule has 2 aromatic carbocycles. The highest BCUT2D eigenvalue weighted by Crippen LogP contribution is 2.37. The van der Waals surface area contributed by atoms with Crippen LogP contribution < -0.4 is 15.0 Å². The monoisotopic (exact) mass is 847 g/mol. The van der Waals surface area contributed by atoms with Gasteiger partial charge in [0, 0.05) is 83.3 Å². The number of likely N-dealkylation sites (tertiary alicyclic amines) is 2. The molecule has 0 bridgehead atoms. The van der Waals surface area contributed by atoms with E-state index in [1.807, 2.05) is 25.1 Å². The fraction of sp³-hybridized carbons (Fsp3) is 0.478. The fourth-order valence-electron chi connectivity index (χ4n) is 9.44. The van der Waals surface area contributed by atoms with Gasteiger partial charge in [-0.15, -0.1) is 0 Å². The number of rotatable bonds is 11. The summed E-state index contributed by atoms with van der Waals surface area (Å²) in [6.07, 6.45) is 11.1. The third-order valence-electron chi connectivity index (χ3n) is 13.1. The third-order valence-corrected chi connectivity index (χ3v) is 13.3. The average Bonchev–Trinajstić information content (AvgIpc) is 3.87. The maximum atomic E-state index is 13.5. The smallest absolute Gasteiger partial charge is 0.253 e. The van der Waals surface area contributed by atoms with Crippen molar-refractivity contribution in [3.8, 4) is 22.9 Å². The van der Waals surface area contributed by atoms with E-state index in [1.54, 1.807) is 28.9 Å². The number of anilines is 1. The van der Waals surface area contributed by atoms with Crippen molar-refractivity contribution in [1.82, 2.24) is 39.8 Å². The van der Waals surface area contributed by atoms with Gasteiger partial charge in [0.15, 0.2) is 11.4 Å². The second-order valence-corrected chi connectivity index (χ2v) is 17.6. The maximum Gasteiger partial charge on any atom is 0.253 e. The van der Waals surface area contributed by atoms with Crippen LogP contribution in [0.3, 0.4) is 0 Å². The lowest BCUT2D eigenvalue weighted by molar-refractivity contribution is -0.134. The molecule has 3 aromatic heterocycles. The molecule has 15 heteroatoms. The Bertz CT molecular complexity index is 2360. The molecule has 4 aliphatic heterocycles. The summed E-state index contributed by atoms with van der Waals surface area (Å²) in [6.45, 7) is 9.53. The molecule has 0 aliphatic carbocycles. The number of piperidine rings is 4. The minimum atomic E-state index is -0.239. The Balaban J connectivity index is 0.677. The number of imidazole rings is 1. The predicted octanol–water partition coefficient (Wildman–Crippen LogP) is 6.88. The van der Waals surface area contributed by atoms with Crippen molar-refractivity contribution >= 4 is 46.2 Å². The first-order valence-corrected chi connectivity index (χ1v) is 22.2. The molecule has 0 unspecified atom stereocenters. The number of halogens is 1.